The smallest absolute Gasteiger partial charge is 0.267 e. The van der Waals surface area contributed by atoms with E-state index in [4.69, 9.17) is 5.73 Å². The Labute approximate surface area is 96.6 Å². The summed E-state index contributed by atoms with van der Waals surface area (Å²) in [6.45, 7) is 6.37. The lowest BCUT2D eigenvalue weighted by molar-refractivity contribution is 0.0931. The van der Waals surface area contributed by atoms with Gasteiger partial charge in [0.15, 0.2) is 0 Å². The molecule has 0 aliphatic carbocycles. The van der Waals surface area contributed by atoms with Crippen LogP contribution in [0.25, 0.3) is 0 Å². The number of nitrogen functional groups attached to an aromatic ring is 1. The van der Waals surface area contributed by atoms with E-state index in [9.17, 15) is 4.79 Å². The number of carbonyl (C=O) groups is 1. The number of hydrogen-bond donors (Lipinski definition) is 3. The third-order valence-corrected chi connectivity index (χ3v) is 2.78. The van der Waals surface area contributed by atoms with E-state index in [2.05, 4.69) is 24.1 Å². The Hall–Kier alpha value is -1.45. The molecular weight excluding hydrogens is 202 g/mol. The van der Waals surface area contributed by atoms with Crippen LogP contribution in [0, 0.1) is 5.92 Å². The van der Waals surface area contributed by atoms with Crippen molar-refractivity contribution in [2.24, 2.45) is 5.92 Å². The summed E-state index contributed by atoms with van der Waals surface area (Å²) >= 11 is 0. The molecule has 0 fully saturated rings. The molecule has 0 spiro atoms. The molecule has 0 saturated carbocycles. The number of aromatic nitrogens is 1. The summed E-state index contributed by atoms with van der Waals surface area (Å²) in [5.41, 5.74) is 6.64. The van der Waals surface area contributed by atoms with E-state index in [1.54, 1.807) is 12.3 Å². The minimum atomic E-state index is -0.0903. The Morgan fingerprint density at radius 2 is 2.25 bits per heavy atom. The molecule has 2 atom stereocenters. The first-order chi connectivity index (χ1) is 7.52. The normalized spacial score (nSPS) is 14.4. The largest absolute Gasteiger partial charge is 0.397 e. The molecule has 90 valence electrons. The molecule has 1 aromatic heterocycles. The summed E-state index contributed by atoms with van der Waals surface area (Å²) < 4.78 is 0. The second-order valence-electron chi connectivity index (χ2n) is 4.47. The summed E-state index contributed by atoms with van der Waals surface area (Å²) in [6.07, 6.45) is 3.75. The first-order valence-electron chi connectivity index (χ1n) is 5.77. The van der Waals surface area contributed by atoms with E-state index >= 15 is 0 Å². The summed E-state index contributed by atoms with van der Waals surface area (Å²) in [6, 6.07) is 1.83. The lowest BCUT2D eigenvalue weighted by Gasteiger charge is -2.16. The standard InChI is InChI=1S/C12H21N3O/c1-4-8(2)5-9(3)15-12(16)11-6-10(13)7-14-11/h6-9,14H,4-5,13H2,1-3H3,(H,15,16). The summed E-state index contributed by atoms with van der Waals surface area (Å²) in [5, 5.41) is 2.95. The van der Waals surface area contributed by atoms with Crippen molar-refractivity contribution in [1.29, 1.82) is 0 Å². The summed E-state index contributed by atoms with van der Waals surface area (Å²) in [7, 11) is 0. The van der Waals surface area contributed by atoms with Crippen molar-refractivity contribution >= 4 is 11.6 Å². The molecule has 4 N–H and O–H groups in total. The third kappa shape index (κ3) is 3.61. The van der Waals surface area contributed by atoms with Gasteiger partial charge in [-0.15, -0.1) is 0 Å². The Morgan fingerprint density at radius 1 is 1.56 bits per heavy atom. The molecule has 0 saturated heterocycles. The zero-order valence-electron chi connectivity index (χ0n) is 10.2. The number of amides is 1. The van der Waals surface area contributed by atoms with E-state index < -0.39 is 0 Å². The van der Waals surface area contributed by atoms with Crippen molar-refractivity contribution < 1.29 is 4.79 Å². The second kappa shape index (κ2) is 5.58. The molecule has 0 aliphatic heterocycles. The molecule has 0 aliphatic rings. The number of aromatic amines is 1. The van der Waals surface area contributed by atoms with E-state index in [0.717, 1.165) is 12.8 Å². The van der Waals surface area contributed by atoms with Crippen LogP contribution in [0.2, 0.25) is 0 Å². The lowest BCUT2D eigenvalue weighted by atomic mass is 10.0. The van der Waals surface area contributed by atoms with Gasteiger partial charge in [-0.3, -0.25) is 4.79 Å². The monoisotopic (exact) mass is 223 g/mol. The number of nitrogens with two attached hydrogens (primary N) is 1. The zero-order chi connectivity index (χ0) is 12.1. The SMILES string of the molecule is CCC(C)CC(C)NC(=O)c1cc(N)c[nH]1. The van der Waals surface area contributed by atoms with Gasteiger partial charge in [0.1, 0.15) is 5.69 Å². The number of hydrogen-bond acceptors (Lipinski definition) is 2. The molecule has 2 unspecified atom stereocenters. The van der Waals surface area contributed by atoms with Gasteiger partial charge in [0.2, 0.25) is 0 Å². The maximum absolute atomic E-state index is 11.7. The number of rotatable bonds is 5. The predicted octanol–water partition coefficient (Wildman–Crippen LogP) is 2.15. The molecular formula is C12H21N3O. The van der Waals surface area contributed by atoms with Crippen molar-refractivity contribution in [3.05, 3.63) is 18.0 Å². The number of carbonyl (C=O) groups excluding carboxylic acids is 1. The quantitative estimate of drug-likeness (QED) is 0.715. The Morgan fingerprint density at radius 3 is 2.75 bits per heavy atom. The van der Waals surface area contributed by atoms with Gasteiger partial charge in [-0.1, -0.05) is 20.3 Å². The van der Waals surface area contributed by atoms with Crippen LogP contribution in [0.4, 0.5) is 5.69 Å². The Bertz CT molecular complexity index is 346. The highest BCUT2D eigenvalue weighted by molar-refractivity contribution is 5.93. The highest BCUT2D eigenvalue weighted by Gasteiger charge is 2.12. The first kappa shape index (κ1) is 12.6. The average molecular weight is 223 g/mol. The van der Waals surface area contributed by atoms with Gasteiger partial charge < -0.3 is 16.0 Å². The summed E-state index contributed by atoms with van der Waals surface area (Å²) in [5.74, 6) is 0.538. The van der Waals surface area contributed by atoms with Gasteiger partial charge in [0, 0.05) is 17.9 Å². The molecule has 1 amide bonds. The van der Waals surface area contributed by atoms with Gasteiger partial charge in [-0.05, 0) is 25.3 Å². The van der Waals surface area contributed by atoms with E-state index in [1.165, 1.54) is 0 Å². The second-order valence-corrected chi connectivity index (χ2v) is 4.47. The predicted molar refractivity (Wildman–Crippen MR) is 66.2 cm³/mol. The molecule has 4 nitrogen and oxygen atoms in total. The number of nitrogens with one attached hydrogen (secondary N) is 2. The lowest BCUT2D eigenvalue weighted by Crippen LogP contribution is -2.33. The fraction of sp³-hybridized carbons (Fsp3) is 0.583. The number of anilines is 1. The highest BCUT2D eigenvalue weighted by Crippen LogP contribution is 2.10. The van der Waals surface area contributed by atoms with E-state index in [1.807, 2.05) is 6.92 Å². The summed E-state index contributed by atoms with van der Waals surface area (Å²) in [4.78, 5) is 14.6. The van der Waals surface area contributed by atoms with Crippen molar-refractivity contribution in [2.75, 3.05) is 5.73 Å². The fourth-order valence-corrected chi connectivity index (χ4v) is 1.67. The molecule has 4 heteroatoms. The van der Waals surface area contributed by atoms with Crippen LogP contribution in [-0.2, 0) is 0 Å². The Kier molecular flexibility index (Phi) is 4.40. The molecule has 1 heterocycles. The van der Waals surface area contributed by atoms with Crippen LogP contribution in [0.1, 0.15) is 44.1 Å². The minimum absolute atomic E-state index is 0.0903. The van der Waals surface area contributed by atoms with Gasteiger partial charge in [0.25, 0.3) is 5.91 Å². The van der Waals surface area contributed by atoms with Crippen molar-refractivity contribution in [3.63, 3.8) is 0 Å². The van der Waals surface area contributed by atoms with Crippen LogP contribution < -0.4 is 11.1 Å². The molecule has 1 aromatic rings. The van der Waals surface area contributed by atoms with Crippen LogP contribution >= 0.6 is 0 Å². The molecule has 0 radical (unpaired) electrons. The number of H-pyrrole nitrogens is 1. The van der Waals surface area contributed by atoms with Crippen LogP contribution in [0.3, 0.4) is 0 Å². The zero-order valence-corrected chi connectivity index (χ0v) is 10.2. The van der Waals surface area contributed by atoms with Gasteiger partial charge >= 0.3 is 0 Å². The van der Waals surface area contributed by atoms with E-state index in [0.29, 0.717) is 17.3 Å². The van der Waals surface area contributed by atoms with Crippen molar-refractivity contribution in [2.45, 2.75) is 39.7 Å². The van der Waals surface area contributed by atoms with Crippen LogP contribution in [0.15, 0.2) is 12.3 Å². The van der Waals surface area contributed by atoms with Crippen LogP contribution in [-0.4, -0.2) is 16.9 Å². The highest BCUT2D eigenvalue weighted by atomic mass is 16.1. The molecule has 0 bridgehead atoms. The van der Waals surface area contributed by atoms with Gasteiger partial charge in [0.05, 0.1) is 0 Å². The van der Waals surface area contributed by atoms with Gasteiger partial charge in [-0.2, -0.15) is 0 Å². The molecule has 16 heavy (non-hydrogen) atoms. The fourth-order valence-electron chi connectivity index (χ4n) is 1.67. The van der Waals surface area contributed by atoms with Gasteiger partial charge in [-0.25, -0.2) is 0 Å². The maximum atomic E-state index is 11.7. The first-order valence-corrected chi connectivity index (χ1v) is 5.77. The van der Waals surface area contributed by atoms with E-state index in [-0.39, 0.29) is 11.9 Å². The Balaban J connectivity index is 2.45. The van der Waals surface area contributed by atoms with Crippen LogP contribution in [0.5, 0.6) is 0 Å². The third-order valence-electron chi connectivity index (χ3n) is 2.78. The maximum Gasteiger partial charge on any atom is 0.267 e. The molecule has 0 aromatic carbocycles. The van der Waals surface area contributed by atoms with Crippen molar-refractivity contribution in [1.82, 2.24) is 10.3 Å². The average Bonchev–Trinajstić information content (AvgIpc) is 2.64. The topological polar surface area (TPSA) is 70.9 Å². The van der Waals surface area contributed by atoms with Crippen molar-refractivity contribution in [3.8, 4) is 0 Å². The minimum Gasteiger partial charge on any atom is -0.397 e. The molecule has 1 rings (SSSR count).